The molecule has 4 aromatic carbocycles. The molecule has 4 aliphatic carbocycles. The molecule has 0 amide bonds. The van der Waals surface area contributed by atoms with Crippen molar-refractivity contribution in [3.63, 3.8) is 0 Å². The van der Waals surface area contributed by atoms with Gasteiger partial charge in [0.2, 0.25) is 0 Å². The molecule has 12 fully saturated rings. The number of hydrogen-bond donors (Lipinski definition) is 4. The first-order chi connectivity index (χ1) is 67.8. The van der Waals surface area contributed by atoms with Crippen molar-refractivity contribution in [2.75, 3.05) is 197 Å². The molecule has 20 rings (SSSR count). The van der Waals surface area contributed by atoms with Crippen LogP contribution in [0.3, 0.4) is 0 Å². The van der Waals surface area contributed by atoms with Gasteiger partial charge >= 0.3 is 0 Å². The highest BCUT2D eigenvalue weighted by Gasteiger charge is 2.51. The predicted molar refractivity (Wildman–Crippen MR) is 571 cm³/mol. The van der Waals surface area contributed by atoms with E-state index in [1.54, 1.807) is 143 Å². The van der Waals surface area contributed by atoms with E-state index in [4.69, 9.17) is 0 Å². The van der Waals surface area contributed by atoms with E-state index in [9.17, 15) is 87.8 Å². The van der Waals surface area contributed by atoms with E-state index in [-0.39, 0.29) is 94.4 Å². The van der Waals surface area contributed by atoms with E-state index >= 15 is 0 Å². The normalized spacial score (nSPS) is 26.2. The summed E-state index contributed by atoms with van der Waals surface area (Å²) in [6, 6.07) is 44.4. The Bertz CT molecular complexity index is 5880. The molecule has 0 bridgehead atoms. The number of thiophene rings is 4. The molecular formula is C100H140N12O20S12. The molecule has 8 aliphatic heterocycles. The SMILES string of the molecule is CC(C)(O)c1ccc(N2CCN(S(=O)(=O)c3cccs3)C[C@@H]2CN2CCS(=O)(=O)C[C@@H]2C2CC2)cc1.CC(C)(O)c1ccc(N2CCN(S(=O)(=O)c3cccs3)C[C@@H]2CN2CCS(=O)(=O)C[C@@H]2C2CC2)cc1.CC(C)(O)c1ccc(N2CCN(S(=O)(=O)c3cccs3)C[C@@H]2CN2CCS(=O)(=O)C[C@H]2C2CC2)cc1.CC(C)(O)c1ccc(N2CCN(S(=O)(=O)c3cccs3)C[C@@H]2CN2CCS(=O)(=O)C[C@H]2C2CC2)cc1. The summed E-state index contributed by atoms with van der Waals surface area (Å²) in [5.74, 6) is 3.04. The third kappa shape index (κ3) is 26.5. The summed E-state index contributed by atoms with van der Waals surface area (Å²) in [4.78, 5) is 18.2. The lowest BCUT2D eigenvalue weighted by molar-refractivity contribution is 0.0780. The zero-order valence-electron chi connectivity index (χ0n) is 83.1. The number of anilines is 4. The highest BCUT2D eigenvalue weighted by Crippen LogP contribution is 2.45. The summed E-state index contributed by atoms with van der Waals surface area (Å²) < 4.78 is 214. The van der Waals surface area contributed by atoms with Gasteiger partial charge in [-0.05, 0) is 247 Å². The molecule has 44 heteroatoms. The van der Waals surface area contributed by atoms with E-state index < -0.39 is 102 Å². The van der Waals surface area contributed by atoms with Gasteiger partial charge in [0.1, 0.15) is 16.8 Å². The molecule has 0 radical (unpaired) electrons. The molecule has 4 aromatic heterocycles. The van der Waals surface area contributed by atoms with Crippen LogP contribution in [0, 0.1) is 23.7 Å². The number of piperazine rings is 4. The molecule has 4 N–H and O–H groups in total. The maximum atomic E-state index is 13.3. The van der Waals surface area contributed by atoms with E-state index in [2.05, 4.69) is 39.2 Å². The second-order valence-corrected chi connectivity index (χ2v) is 64.4. The fraction of sp³-hybridized carbons (Fsp3) is 0.600. The van der Waals surface area contributed by atoms with Gasteiger partial charge in [0, 0.05) is 178 Å². The Morgan fingerprint density at radius 2 is 0.451 bits per heavy atom. The smallest absolute Gasteiger partial charge is 0.252 e. The first-order valence-electron chi connectivity index (χ1n) is 50.1. The van der Waals surface area contributed by atoms with Crippen molar-refractivity contribution in [2.45, 2.75) is 194 Å². The van der Waals surface area contributed by atoms with Gasteiger partial charge in [-0.3, -0.25) is 19.6 Å². The molecule has 32 nitrogen and oxygen atoms in total. The Balaban J connectivity index is 0.000000132. The molecule has 792 valence electrons. The fourth-order valence-electron chi connectivity index (χ4n) is 21.7. The van der Waals surface area contributed by atoms with Crippen LogP contribution < -0.4 is 19.6 Å². The van der Waals surface area contributed by atoms with Crippen LogP contribution in [0.1, 0.15) is 129 Å². The topological polar surface area (TPSA) is 393 Å². The summed E-state index contributed by atoms with van der Waals surface area (Å²) in [5.41, 5.74) is 3.42. The highest BCUT2D eigenvalue weighted by molar-refractivity contribution is 7.93. The minimum absolute atomic E-state index is 0.00689. The minimum Gasteiger partial charge on any atom is -0.386 e. The maximum Gasteiger partial charge on any atom is 0.252 e. The molecule has 0 unspecified atom stereocenters. The van der Waals surface area contributed by atoms with Gasteiger partial charge in [0.15, 0.2) is 39.3 Å². The zero-order valence-corrected chi connectivity index (χ0v) is 92.9. The molecule has 8 aromatic rings. The van der Waals surface area contributed by atoms with Crippen LogP contribution in [0.5, 0.6) is 0 Å². The molecule has 0 spiro atoms. The Kier molecular flexibility index (Phi) is 32.8. The Labute approximate surface area is 868 Å². The molecule has 8 atom stereocenters. The van der Waals surface area contributed by atoms with Crippen LogP contribution in [0.25, 0.3) is 0 Å². The quantitative estimate of drug-likeness (QED) is 0.0354. The van der Waals surface area contributed by atoms with Gasteiger partial charge in [-0.1, -0.05) is 72.8 Å². The van der Waals surface area contributed by atoms with E-state index in [1.165, 1.54) is 45.3 Å². The van der Waals surface area contributed by atoms with Crippen molar-refractivity contribution in [3.8, 4) is 0 Å². The van der Waals surface area contributed by atoms with Gasteiger partial charge in [-0.15, -0.1) is 45.3 Å². The van der Waals surface area contributed by atoms with Crippen LogP contribution in [0.15, 0.2) is 184 Å². The van der Waals surface area contributed by atoms with Crippen LogP contribution in [0.2, 0.25) is 0 Å². The van der Waals surface area contributed by atoms with Gasteiger partial charge in [-0.25, -0.2) is 67.3 Å². The lowest BCUT2D eigenvalue weighted by Gasteiger charge is -2.46. The Morgan fingerprint density at radius 1 is 0.271 bits per heavy atom. The average Bonchev–Trinajstić information content (AvgIpc) is 1.61. The number of sulfonamides is 4. The fourth-order valence-corrected chi connectivity index (χ4v) is 38.9. The number of aliphatic hydroxyl groups is 4. The van der Waals surface area contributed by atoms with Crippen LogP contribution in [-0.2, 0) is 102 Å². The van der Waals surface area contributed by atoms with Gasteiger partial charge in [-0.2, -0.15) is 17.2 Å². The van der Waals surface area contributed by atoms with E-state index in [0.717, 1.165) is 96.4 Å². The van der Waals surface area contributed by atoms with Crippen LogP contribution in [-0.4, -0.2) is 350 Å². The number of benzene rings is 4. The summed E-state index contributed by atoms with van der Waals surface area (Å²) in [6.45, 7) is 23.5. The molecule has 144 heavy (non-hydrogen) atoms. The third-order valence-electron chi connectivity index (χ3n) is 30.5. The van der Waals surface area contributed by atoms with Crippen molar-refractivity contribution >= 4 is 148 Å². The number of nitrogens with zero attached hydrogens (tertiary/aromatic N) is 12. The standard InChI is InChI=1S/4C25H35N3O5S3/c4*1-25(2,29)20-7-9-21(10-8-20)28-12-11-27(36(32,33)24-4-3-14-34-24)17-22(28)16-26-13-15-35(30,31)18-23(26)19-5-6-19/h4*3-4,7-10,14,19,22-23,29H,5-6,11-13,15-18H2,1-2H3/t2*22-,23+;2*22-,23-/m0000/s1. The largest absolute Gasteiger partial charge is 0.386 e. The van der Waals surface area contributed by atoms with Gasteiger partial charge in [0.05, 0.1) is 92.6 Å². The van der Waals surface area contributed by atoms with Gasteiger partial charge < -0.3 is 40.0 Å². The second-order valence-electron chi connectivity index (χ2n) is 43.0. The van der Waals surface area contributed by atoms with Crippen molar-refractivity contribution in [1.82, 2.24) is 36.8 Å². The number of hydrogen-bond acceptors (Lipinski definition) is 32. The summed E-state index contributed by atoms with van der Waals surface area (Å²) >= 11 is 4.92. The van der Waals surface area contributed by atoms with Crippen LogP contribution >= 0.6 is 45.3 Å². The molecule has 12 aliphatic rings. The minimum atomic E-state index is -3.58. The van der Waals surface area contributed by atoms with Crippen molar-refractivity contribution in [3.05, 3.63) is 189 Å². The first kappa shape index (κ1) is 109. The van der Waals surface area contributed by atoms with Gasteiger partial charge in [0.25, 0.3) is 40.1 Å². The zero-order chi connectivity index (χ0) is 103. The number of rotatable bonds is 28. The van der Waals surface area contributed by atoms with Crippen LogP contribution in [0.4, 0.5) is 22.7 Å². The van der Waals surface area contributed by atoms with Crippen molar-refractivity contribution < 1.29 is 87.8 Å². The van der Waals surface area contributed by atoms with Crippen molar-refractivity contribution in [1.29, 1.82) is 0 Å². The molecule has 4 saturated carbocycles. The lowest BCUT2D eigenvalue weighted by Crippen LogP contribution is -2.61. The predicted octanol–water partition coefficient (Wildman–Crippen LogP) is 9.46. The lowest BCUT2D eigenvalue weighted by atomic mass is 9.98. The first-order valence-corrected chi connectivity index (χ1v) is 66.6. The number of sulfone groups is 4. The summed E-state index contributed by atoms with van der Waals surface area (Å²) in [6.07, 6.45) is 8.46. The Morgan fingerprint density at radius 3 is 0.604 bits per heavy atom. The highest BCUT2D eigenvalue weighted by atomic mass is 32.3. The van der Waals surface area contributed by atoms with E-state index in [0.29, 0.717) is 171 Å². The molecule has 8 saturated heterocycles. The second kappa shape index (κ2) is 43.3. The summed E-state index contributed by atoms with van der Waals surface area (Å²) in [7, 11) is -26.5. The monoisotopic (exact) mass is 2210 g/mol. The van der Waals surface area contributed by atoms with E-state index in [1.807, 2.05) is 97.1 Å². The van der Waals surface area contributed by atoms with Crippen molar-refractivity contribution in [2.24, 2.45) is 23.7 Å². The third-order valence-corrected chi connectivity index (χ3v) is 50.1. The summed E-state index contributed by atoms with van der Waals surface area (Å²) in [5, 5.41) is 48.6. The average molecular weight is 2220 g/mol. The Hall–Kier alpha value is -6.00. The molecule has 12 heterocycles. The molecular weight excluding hydrogens is 2070 g/mol. The maximum absolute atomic E-state index is 13.3.